The van der Waals surface area contributed by atoms with Crippen molar-refractivity contribution in [2.24, 2.45) is 11.8 Å². The molecule has 5 rings (SSSR count). The molecule has 4 aromatic heterocycles. The summed E-state index contributed by atoms with van der Waals surface area (Å²) >= 11 is 0.467. The molecular formula is C40H54F4S4Sn2. The third-order valence-corrected chi connectivity index (χ3v) is 33.7. The van der Waals surface area contributed by atoms with Gasteiger partial charge in [-0.2, -0.15) is 0 Å². The third kappa shape index (κ3) is 8.40. The quantitative estimate of drug-likeness (QED) is 0.0683. The zero-order chi connectivity index (χ0) is 36.7. The Hall–Kier alpha value is -0.143. The summed E-state index contributed by atoms with van der Waals surface area (Å²) in [5.41, 5.74) is 1.50. The van der Waals surface area contributed by atoms with Crippen LogP contribution in [0.3, 0.4) is 0 Å². The van der Waals surface area contributed by atoms with Crippen LogP contribution in [0.2, 0.25) is 29.6 Å². The summed E-state index contributed by atoms with van der Waals surface area (Å²) in [6, 6.07) is 4.42. The second kappa shape index (κ2) is 16.7. The molecule has 0 radical (unpaired) electrons. The van der Waals surface area contributed by atoms with Crippen molar-refractivity contribution in [1.29, 1.82) is 0 Å². The van der Waals surface area contributed by atoms with E-state index in [2.05, 4.69) is 69.5 Å². The fourth-order valence-electron chi connectivity index (χ4n) is 6.82. The molecule has 0 bridgehead atoms. The average Bonchev–Trinajstić information content (AvgIpc) is 3.83. The predicted molar refractivity (Wildman–Crippen MR) is 224 cm³/mol. The summed E-state index contributed by atoms with van der Waals surface area (Å²) in [5, 5.41) is 1.73. The van der Waals surface area contributed by atoms with Crippen molar-refractivity contribution < 1.29 is 17.6 Å². The average molecular weight is 977 g/mol. The van der Waals surface area contributed by atoms with Gasteiger partial charge >= 0.3 is 311 Å². The number of hydrogen-bond donors (Lipinski definition) is 0. The molecule has 0 spiro atoms. The Bertz CT molecular complexity index is 1760. The summed E-state index contributed by atoms with van der Waals surface area (Å²) in [4.78, 5) is 15.8. The number of unbranched alkanes of at least 4 members (excludes halogenated alkanes) is 2. The van der Waals surface area contributed by atoms with Crippen LogP contribution in [0.5, 0.6) is 0 Å². The summed E-state index contributed by atoms with van der Waals surface area (Å²) < 4.78 is 69.0. The van der Waals surface area contributed by atoms with E-state index in [4.69, 9.17) is 0 Å². The molecular weight excluding hydrogens is 922 g/mol. The van der Waals surface area contributed by atoms with Gasteiger partial charge in [-0.15, -0.1) is 0 Å². The molecule has 10 heteroatoms. The molecule has 4 heterocycles. The molecule has 0 aliphatic rings. The summed E-state index contributed by atoms with van der Waals surface area (Å²) in [5.74, 6) is -2.34. The van der Waals surface area contributed by atoms with Crippen LogP contribution in [-0.2, 0) is 12.8 Å². The monoisotopic (exact) mass is 978 g/mol. The van der Waals surface area contributed by atoms with Crippen molar-refractivity contribution in [2.45, 2.75) is 122 Å². The fraction of sp³-hybridized carbons (Fsp3) is 0.550. The van der Waals surface area contributed by atoms with Crippen LogP contribution in [0.15, 0.2) is 12.1 Å². The van der Waals surface area contributed by atoms with Gasteiger partial charge < -0.3 is 0 Å². The maximum atomic E-state index is 16.4. The third-order valence-electron chi connectivity index (χ3n) is 10.1. The molecule has 0 nitrogen and oxygen atoms in total. The van der Waals surface area contributed by atoms with Crippen LogP contribution < -0.4 is 5.79 Å². The van der Waals surface area contributed by atoms with E-state index in [0.29, 0.717) is 44.2 Å². The van der Waals surface area contributed by atoms with E-state index in [0.717, 1.165) is 82.7 Å². The second-order valence-corrected chi connectivity index (χ2v) is 51.3. The molecule has 2 atom stereocenters. The van der Waals surface area contributed by atoms with E-state index in [1.54, 1.807) is 22.7 Å². The maximum absolute atomic E-state index is 16.4. The molecule has 50 heavy (non-hydrogen) atoms. The van der Waals surface area contributed by atoms with Crippen molar-refractivity contribution in [3.63, 3.8) is 0 Å². The molecule has 1 aromatic carbocycles. The molecule has 2 unspecified atom stereocenters. The van der Waals surface area contributed by atoms with Crippen LogP contribution in [-0.4, -0.2) is 36.8 Å². The van der Waals surface area contributed by atoms with E-state index in [9.17, 15) is 0 Å². The molecule has 5 aromatic rings. The SMILES string of the molecule is CCCCC(CC)Cc1sc(-c2c3c[c]([Sn]([CH3])([CH3])[CH3])sc3c(-c3sc(CC(CC)CCCC)c(F)c3F)c3c[c]([Sn]([CH3])([CH3])[CH3])sc23)c(F)c1F. The first kappa shape index (κ1) is 41.0. The van der Waals surface area contributed by atoms with E-state index >= 15 is 17.6 Å². The Morgan fingerprint density at radius 3 is 1.20 bits per heavy atom. The Labute approximate surface area is 321 Å². The summed E-state index contributed by atoms with van der Waals surface area (Å²) in [7, 11) is 0. The van der Waals surface area contributed by atoms with Gasteiger partial charge in [0.15, 0.2) is 0 Å². The molecule has 0 saturated heterocycles. The Morgan fingerprint density at radius 2 is 0.900 bits per heavy atom. The van der Waals surface area contributed by atoms with Crippen molar-refractivity contribution >= 4 is 108 Å². The Morgan fingerprint density at radius 1 is 0.540 bits per heavy atom. The summed E-state index contributed by atoms with van der Waals surface area (Å²) in [6.07, 6.45) is 9.27. The topological polar surface area (TPSA) is 0 Å². The summed E-state index contributed by atoms with van der Waals surface area (Å²) in [6.45, 7) is 8.60. The first-order chi connectivity index (χ1) is 23.5. The van der Waals surface area contributed by atoms with E-state index in [1.807, 2.05) is 0 Å². The van der Waals surface area contributed by atoms with Gasteiger partial charge in [0.05, 0.1) is 0 Å². The number of rotatable bonds is 16. The minimum absolute atomic E-state index is 0.309. The number of hydrogen-bond acceptors (Lipinski definition) is 4. The first-order valence-corrected chi connectivity index (χ1v) is 41.8. The fourth-order valence-corrected chi connectivity index (χ4v) is 22.3. The molecule has 0 aliphatic heterocycles. The molecule has 0 N–H and O–H groups in total. The number of thiophene rings is 4. The van der Waals surface area contributed by atoms with Gasteiger partial charge in [-0.3, -0.25) is 0 Å². The minimum atomic E-state index is -2.72. The predicted octanol–water partition coefficient (Wildman–Crippen LogP) is 14.7. The van der Waals surface area contributed by atoms with Gasteiger partial charge in [0.1, 0.15) is 0 Å². The van der Waals surface area contributed by atoms with Gasteiger partial charge in [0.25, 0.3) is 0 Å². The van der Waals surface area contributed by atoms with E-state index in [1.165, 1.54) is 28.5 Å². The normalized spacial score (nSPS) is 14.0. The molecule has 274 valence electrons. The van der Waals surface area contributed by atoms with Crippen molar-refractivity contribution in [2.75, 3.05) is 0 Å². The van der Waals surface area contributed by atoms with Crippen LogP contribution >= 0.6 is 45.3 Å². The Balaban J connectivity index is 1.83. The molecule has 0 amide bonds. The number of fused-ring (bicyclic) bond motifs is 2. The van der Waals surface area contributed by atoms with Gasteiger partial charge in [-0.25, -0.2) is 0 Å². The molecule has 0 fully saturated rings. The van der Waals surface area contributed by atoms with Crippen LogP contribution in [0, 0.1) is 35.1 Å². The zero-order valence-electron chi connectivity index (χ0n) is 31.5. The van der Waals surface area contributed by atoms with Crippen molar-refractivity contribution in [3.8, 4) is 20.9 Å². The van der Waals surface area contributed by atoms with Gasteiger partial charge in [0.2, 0.25) is 0 Å². The number of halogens is 4. The second-order valence-electron chi connectivity index (χ2n) is 16.2. The zero-order valence-corrected chi connectivity index (χ0v) is 40.5. The van der Waals surface area contributed by atoms with Crippen molar-refractivity contribution in [3.05, 3.63) is 45.2 Å². The Kier molecular flexibility index (Phi) is 13.7. The molecule has 0 saturated carbocycles. The van der Waals surface area contributed by atoms with Crippen LogP contribution in [0.1, 0.15) is 88.8 Å². The first-order valence-electron chi connectivity index (χ1n) is 18.5. The van der Waals surface area contributed by atoms with E-state index in [-0.39, 0.29) is 0 Å². The molecule has 0 aliphatic carbocycles. The van der Waals surface area contributed by atoms with Crippen LogP contribution in [0.25, 0.3) is 41.1 Å². The van der Waals surface area contributed by atoms with Crippen molar-refractivity contribution in [1.82, 2.24) is 0 Å². The van der Waals surface area contributed by atoms with Crippen LogP contribution in [0.4, 0.5) is 17.6 Å². The van der Waals surface area contributed by atoms with Gasteiger partial charge in [0, 0.05) is 0 Å². The van der Waals surface area contributed by atoms with E-state index < -0.39 is 60.0 Å². The standard InChI is InChI=1S/C34H36F4S4.6CH3.2Sn/c1-5-9-11-19(7-3)17-23-27(35)29(37)33(41-23)25-21-13-15-40-32(21)26(22-14-16-39-31(22)25)34-30(38)28(36)24(42-34)18-20(8-4)12-10-6-2;;;;;;;;/h13-14,19-20H,5-12,17-18H2,1-4H3;6*1H3;;. The number of benzene rings is 1. The van der Waals surface area contributed by atoms with Gasteiger partial charge in [-0.1, -0.05) is 13.8 Å². The van der Waals surface area contributed by atoms with Gasteiger partial charge in [-0.05, 0) is 0 Å².